The molecule has 1 aromatic heterocycles. The zero-order valence-electron chi connectivity index (χ0n) is 11.3. The fraction of sp³-hybridized carbons (Fsp3) is 0.333. The van der Waals surface area contributed by atoms with E-state index in [1.165, 1.54) is 0 Å². The van der Waals surface area contributed by atoms with Crippen LogP contribution in [0.2, 0.25) is 10.2 Å². The molecule has 0 unspecified atom stereocenters. The van der Waals surface area contributed by atoms with Crippen molar-refractivity contribution in [2.45, 2.75) is 32.6 Å². The topological polar surface area (TPSA) is 35.0 Å². The van der Waals surface area contributed by atoms with Crippen LogP contribution in [0.25, 0.3) is 0 Å². The molecule has 104 valence electrons. The second kappa shape index (κ2) is 5.23. The molecule has 0 aliphatic heterocycles. The van der Waals surface area contributed by atoms with E-state index in [4.69, 9.17) is 27.9 Å². The van der Waals surface area contributed by atoms with Crippen molar-refractivity contribution in [3.05, 3.63) is 45.3 Å². The first-order valence-corrected chi connectivity index (χ1v) is 7.27. The SMILES string of the molecule is Cc1cc(Cl)cc(C)c1Oc1cc(Cl)nc(C2CC2)n1. The highest BCUT2D eigenvalue weighted by Crippen LogP contribution is 2.39. The summed E-state index contributed by atoms with van der Waals surface area (Å²) < 4.78 is 5.90. The maximum Gasteiger partial charge on any atom is 0.224 e. The van der Waals surface area contributed by atoms with Gasteiger partial charge in [-0.1, -0.05) is 23.2 Å². The third-order valence-electron chi connectivity index (χ3n) is 3.26. The van der Waals surface area contributed by atoms with E-state index in [0.29, 0.717) is 22.0 Å². The molecule has 0 spiro atoms. The number of aromatic nitrogens is 2. The van der Waals surface area contributed by atoms with Gasteiger partial charge >= 0.3 is 0 Å². The molecule has 1 heterocycles. The lowest BCUT2D eigenvalue weighted by molar-refractivity contribution is 0.452. The van der Waals surface area contributed by atoms with Gasteiger partial charge in [-0.05, 0) is 49.9 Å². The lowest BCUT2D eigenvalue weighted by atomic mass is 10.1. The van der Waals surface area contributed by atoms with E-state index in [2.05, 4.69) is 9.97 Å². The number of hydrogen-bond donors (Lipinski definition) is 0. The van der Waals surface area contributed by atoms with Crippen LogP contribution >= 0.6 is 23.2 Å². The summed E-state index contributed by atoms with van der Waals surface area (Å²) in [5, 5.41) is 1.12. The highest BCUT2D eigenvalue weighted by molar-refractivity contribution is 6.30. The summed E-state index contributed by atoms with van der Waals surface area (Å²) in [6.07, 6.45) is 2.25. The van der Waals surface area contributed by atoms with Crippen molar-refractivity contribution in [2.75, 3.05) is 0 Å². The maximum absolute atomic E-state index is 6.04. The van der Waals surface area contributed by atoms with Crippen molar-refractivity contribution >= 4 is 23.2 Å². The molecule has 0 atom stereocenters. The minimum absolute atomic E-state index is 0.418. The molecule has 20 heavy (non-hydrogen) atoms. The lowest BCUT2D eigenvalue weighted by Crippen LogP contribution is -1.98. The highest BCUT2D eigenvalue weighted by Gasteiger charge is 2.27. The van der Waals surface area contributed by atoms with Gasteiger partial charge in [0.05, 0.1) is 0 Å². The highest BCUT2D eigenvalue weighted by atomic mass is 35.5. The number of nitrogens with zero attached hydrogens (tertiary/aromatic N) is 2. The van der Waals surface area contributed by atoms with E-state index >= 15 is 0 Å². The van der Waals surface area contributed by atoms with Crippen LogP contribution in [0.15, 0.2) is 18.2 Å². The smallest absolute Gasteiger partial charge is 0.224 e. The molecule has 1 saturated carbocycles. The maximum atomic E-state index is 6.04. The number of halogens is 2. The van der Waals surface area contributed by atoms with E-state index in [-0.39, 0.29) is 0 Å². The first kappa shape index (κ1) is 13.7. The first-order chi connectivity index (χ1) is 9.52. The van der Waals surface area contributed by atoms with Crippen LogP contribution in [-0.4, -0.2) is 9.97 Å². The number of rotatable bonds is 3. The third kappa shape index (κ3) is 2.89. The fourth-order valence-electron chi connectivity index (χ4n) is 2.15. The predicted octanol–water partition coefficient (Wildman–Crippen LogP) is 5.07. The summed E-state index contributed by atoms with van der Waals surface area (Å²) in [5.74, 6) is 2.46. The van der Waals surface area contributed by atoms with Gasteiger partial charge in [0, 0.05) is 17.0 Å². The van der Waals surface area contributed by atoms with Crippen molar-refractivity contribution in [3.8, 4) is 11.6 Å². The van der Waals surface area contributed by atoms with E-state index in [0.717, 1.165) is 35.5 Å². The summed E-state index contributed by atoms with van der Waals surface area (Å²) in [6.45, 7) is 3.91. The van der Waals surface area contributed by atoms with Crippen LogP contribution in [0.5, 0.6) is 11.6 Å². The van der Waals surface area contributed by atoms with E-state index < -0.39 is 0 Å². The average Bonchev–Trinajstić information content (AvgIpc) is 3.17. The summed E-state index contributed by atoms with van der Waals surface area (Å²) in [7, 11) is 0. The molecule has 1 fully saturated rings. The Bertz CT molecular complexity index is 646. The second-order valence-electron chi connectivity index (χ2n) is 5.13. The minimum Gasteiger partial charge on any atom is -0.438 e. The van der Waals surface area contributed by atoms with Crippen LogP contribution in [0, 0.1) is 13.8 Å². The van der Waals surface area contributed by atoms with Crippen molar-refractivity contribution in [1.82, 2.24) is 9.97 Å². The van der Waals surface area contributed by atoms with Crippen molar-refractivity contribution in [1.29, 1.82) is 0 Å². The third-order valence-corrected chi connectivity index (χ3v) is 3.67. The van der Waals surface area contributed by atoms with Gasteiger partial charge in [-0.2, -0.15) is 4.98 Å². The number of ether oxygens (including phenoxy) is 1. The van der Waals surface area contributed by atoms with Gasteiger partial charge in [-0.25, -0.2) is 4.98 Å². The van der Waals surface area contributed by atoms with Gasteiger partial charge in [0.25, 0.3) is 0 Å². The molecule has 1 aliphatic rings. The molecule has 3 rings (SSSR count). The fourth-order valence-corrected chi connectivity index (χ4v) is 2.66. The average molecular weight is 309 g/mol. The Hall–Kier alpha value is -1.32. The molecule has 1 aliphatic carbocycles. The van der Waals surface area contributed by atoms with Gasteiger partial charge in [0.15, 0.2) is 0 Å². The largest absolute Gasteiger partial charge is 0.438 e. The van der Waals surface area contributed by atoms with E-state index in [9.17, 15) is 0 Å². The standard InChI is InChI=1S/C15H14Cl2N2O/c1-8-5-11(16)6-9(2)14(8)20-13-7-12(17)18-15(19-13)10-3-4-10/h5-7,10H,3-4H2,1-2H3. The molecule has 0 N–H and O–H groups in total. The Morgan fingerprint density at radius 1 is 1.05 bits per heavy atom. The van der Waals surface area contributed by atoms with Crippen molar-refractivity contribution in [2.24, 2.45) is 0 Å². The normalized spacial score (nSPS) is 14.4. The van der Waals surface area contributed by atoms with Gasteiger partial charge in [0.2, 0.25) is 5.88 Å². The number of benzene rings is 1. The molecule has 0 saturated heterocycles. The summed E-state index contributed by atoms with van der Waals surface area (Å²) in [5.41, 5.74) is 1.94. The van der Waals surface area contributed by atoms with Gasteiger partial charge in [-0.15, -0.1) is 0 Å². The molecule has 2 aromatic rings. The Labute approximate surface area is 127 Å². The second-order valence-corrected chi connectivity index (χ2v) is 5.96. The van der Waals surface area contributed by atoms with Crippen molar-refractivity contribution < 1.29 is 4.74 Å². The molecule has 1 aromatic carbocycles. The van der Waals surface area contributed by atoms with Crippen LogP contribution in [-0.2, 0) is 0 Å². The minimum atomic E-state index is 0.418. The molecule has 5 heteroatoms. The zero-order chi connectivity index (χ0) is 14.3. The van der Waals surface area contributed by atoms with E-state index in [1.807, 2.05) is 26.0 Å². The summed E-state index contributed by atoms with van der Waals surface area (Å²) >= 11 is 12.1. The van der Waals surface area contributed by atoms with Crippen LogP contribution in [0.1, 0.15) is 35.7 Å². The van der Waals surface area contributed by atoms with E-state index in [1.54, 1.807) is 6.07 Å². The Kier molecular flexibility index (Phi) is 3.57. The Morgan fingerprint density at radius 3 is 2.30 bits per heavy atom. The predicted molar refractivity (Wildman–Crippen MR) is 80.0 cm³/mol. The zero-order valence-corrected chi connectivity index (χ0v) is 12.8. The molecular formula is C15H14Cl2N2O. The number of hydrogen-bond acceptors (Lipinski definition) is 3. The quantitative estimate of drug-likeness (QED) is 0.742. The summed E-state index contributed by atoms with van der Waals surface area (Å²) in [6, 6.07) is 5.38. The molecular weight excluding hydrogens is 295 g/mol. The number of aryl methyl sites for hydroxylation is 2. The van der Waals surface area contributed by atoms with Gasteiger partial charge in [-0.3, -0.25) is 0 Å². The van der Waals surface area contributed by atoms with Gasteiger partial charge in [0.1, 0.15) is 16.7 Å². The molecule has 0 amide bonds. The Morgan fingerprint density at radius 2 is 1.70 bits per heavy atom. The lowest BCUT2D eigenvalue weighted by Gasteiger charge is -2.12. The van der Waals surface area contributed by atoms with Crippen molar-refractivity contribution in [3.63, 3.8) is 0 Å². The van der Waals surface area contributed by atoms with Crippen LogP contribution in [0.3, 0.4) is 0 Å². The Balaban J connectivity index is 1.95. The monoisotopic (exact) mass is 308 g/mol. The molecule has 0 bridgehead atoms. The molecule has 3 nitrogen and oxygen atoms in total. The molecule has 0 radical (unpaired) electrons. The van der Waals surface area contributed by atoms with Gasteiger partial charge < -0.3 is 4.74 Å². The van der Waals surface area contributed by atoms with Crippen LogP contribution in [0.4, 0.5) is 0 Å². The first-order valence-electron chi connectivity index (χ1n) is 6.52. The summed E-state index contributed by atoms with van der Waals surface area (Å²) in [4.78, 5) is 8.69. The van der Waals surface area contributed by atoms with Crippen LogP contribution < -0.4 is 4.74 Å².